The lowest BCUT2D eigenvalue weighted by molar-refractivity contribution is -0.126. The van der Waals surface area contributed by atoms with Crippen LogP contribution in [0, 0.1) is 18.2 Å². The van der Waals surface area contributed by atoms with Gasteiger partial charge in [0.2, 0.25) is 11.8 Å². The molecule has 0 unspecified atom stereocenters. The van der Waals surface area contributed by atoms with Crippen LogP contribution in [0.25, 0.3) is 0 Å². The first-order valence-corrected chi connectivity index (χ1v) is 7.60. The van der Waals surface area contributed by atoms with Crippen molar-refractivity contribution in [3.63, 3.8) is 0 Å². The first-order valence-electron chi connectivity index (χ1n) is 7.60. The molecule has 0 aliphatic heterocycles. The molecule has 2 aromatic carbocycles. The summed E-state index contributed by atoms with van der Waals surface area (Å²) in [6.07, 6.45) is 6.13. The van der Waals surface area contributed by atoms with Crippen molar-refractivity contribution in [2.45, 2.75) is 6.42 Å². The molecule has 0 aromatic heterocycles. The maximum absolute atomic E-state index is 12.8. The molecule has 2 N–H and O–H groups in total. The molecule has 0 spiro atoms. The van der Waals surface area contributed by atoms with Gasteiger partial charge in [-0.05, 0) is 54.1 Å². The van der Waals surface area contributed by atoms with Gasteiger partial charge < -0.3 is 10.1 Å². The van der Waals surface area contributed by atoms with Crippen LogP contribution in [-0.2, 0) is 9.59 Å². The zero-order chi connectivity index (χ0) is 18.8. The van der Waals surface area contributed by atoms with Crippen molar-refractivity contribution in [3.8, 4) is 18.1 Å². The Hall–Kier alpha value is -3.66. The molecule has 0 atom stereocenters. The largest absolute Gasteiger partial charge is 0.481 e. The van der Waals surface area contributed by atoms with E-state index in [4.69, 9.17) is 11.2 Å². The molecular formula is C19H16FN3O3. The van der Waals surface area contributed by atoms with Crippen molar-refractivity contribution in [1.82, 2.24) is 5.43 Å². The van der Waals surface area contributed by atoms with E-state index in [0.717, 1.165) is 5.56 Å². The second-order valence-corrected chi connectivity index (χ2v) is 5.09. The minimum Gasteiger partial charge on any atom is -0.481 e. The summed E-state index contributed by atoms with van der Waals surface area (Å²) in [5, 5.41) is 6.26. The molecular weight excluding hydrogens is 337 g/mol. The highest BCUT2D eigenvalue weighted by Gasteiger charge is 2.08. The number of halogens is 1. The Morgan fingerprint density at radius 2 is 1.81 bits per heavy atom. The molecule has 0 bridgehead atoms. The third kappa shape index (κ3) is 6.45. The van der Waals surface area contributed by atoms with Crippen molar-refractivity contribution >= 4 is 23.7 Å². The van der Waals surface area contributed by atoms with Crippen LogP contribution in [0.15, 0.2) is 53.6 Å². The molecule has 0 aliphatic carbocycles. The molecule has 6 nitrogen and oxygen atoms in total. The number of benzene rings is 2. The number of anilines is 1. The zero-order valence-corrected chi connectivity index (χ0v) is 13.7. The van der Waals surface area contributed by atoms with E-state index in [1.165, 1.54) is 30.5 Å². The average molecular weight is 353 g/mol. The summed E-state index contributed by atoms with van der Waals surface area (Å²) in [6.45, 7) is 0.184. The van der Waals surface area contributed by atoms with E-state index in [0.29, 0.717) is 11.4 Å². The Morgan fingerprint density at radius 1 is 1.12 bits per heavy atom. The van der Waals surface area contributed by atoms with Crippen LogP contribution >= 0.6 is 0 Å². The monoisotopic (exact) mass is 353 g/mol. The van der Waals surface area contributed by atoms with Crippen molar-refractivity contribution in [2.24, 2.45) is 5.10 Å². The van der Waals surface area contributed by atoms with E-state index in [-0.39, 0.29) is 6.61 Å². The molecule has 0 fully saturated rings. The van der Waals surface area contributed by atoms with Gasteiger partial charge in [-0.1, -0.05) is 5.92 Å². The van der Waals surface area contributed by atoms with Gasteiger partial charge >= 0.3 is 0 Å². The topological polar surface area (TPSA) is 79.8 Å². The second kappa shape index (κ2) is 9.59. The Kier molecular flexibility index (Phi) is 6.89. The predicted molar refractivity (Wildman–Crippen MR) is 96.2 cm³/mol. The van der Waals surface area contributed by atoms with Crippen LogP contribution in [0.1, 0.15) is 12.0 Å². The number of rotatable bonds is 7. The van der Waals surface area contributed by atoms with Crippen LogP contribution in [0.2, 0.25) is 0 Å². The van der Waals surface area contributed by atoms with Crippen molar-refractivity contribution in [1.29, 1.82) is 0 Å². The zero-order valence-electron chi connectivity index (χ0n) is 13.7. The molecule has 0 radical (unpaired) electrons. The minimum absolute atomic E-state index is 0.184. The first kappa shape index (κ1) is 18.7. The Morgan fingerprint density at radius 3 is 2.46 bits per heavy atom. The second-order valence-electron chi connectivity index (χ2n) is 5.09. The molecule has 2 amide bonds. The lowest BCUT2D eigenvalue weighted by Crippen LogP contribution is -2.24. The van der Waals surface area contributed by atoms with Gasteiger partial charge in [0, 0.05) is 5.69 Å². The summed E-state index contributed by atoms with van der Waals surface area (Å²) in [5.41, 5.74) is 3.39. The van der Waals surface area contributed by atoms with Crippen molar-refractivity contribution in [3.05, 3.63) is 59.9 Å². The highest BCUT2D eigenvalue weighted by atomic mass is 19.1. The summed E-state index contributed by atoms with van der Waals surface area (Å²) < 4.78 is 18.0. The van der Waals surface area contributed by atoms with Crippen LogP contribution in [0.3, 0.4) is 0 Å². The van der Waals surface area contributed by atoms with Gasteiger partial charge in [0.25, 0.3) is 0 Å². The van der Waals surface area contributed by atoms with Crippen molar-refractivity contribution in [2.75, 3.05) is 11.9 Å². The molecule has 26 heavy (non-hydrogen) atoms. The summed E-state index contributed by atoms with van der Waals surface area (Å²) in [5.74, 6) is 1.48. The standard InChI is InChI=1S/C19H16FN3O3/c1-2-11-26-17-9-3-14(4-10-17)13-21-23-19(25)12-18(24)22-16-7-5-15(20)6-8-16/h1,3-10,13H,11-12H2,(H,22,24)(H,23,25). The lowest BCUT2D eigenvalue weighted by Gasteiger charge is -2.04. The number of amides is 2. The number of hydrazone groups is 1. The van der Waals surface area contributed by atoms with Crippen molar-refractivity contribution < 1.29 is 18.7 Å². The molecule has 0 heterocycles. The molecule has 2 rings (SSSR count). The highest BCUT2D eigenvalue weighted by molar-refractivity contribution is 6.03. The van der Waals surface area contributed by atoms with Gasteiger partial charge in [-0.15, -0.1) is 6.42 Å². The molecule has 132 valence electrons. The van der Waals surface area contributed by atoms with Gasteiger partial charge in [0.15, 0.2) is 0 Å². The van der Waals surface area contributed by atoms with E-state index in [9.17, 15) is 14.0 Å². The normalized spacial score (nSPS) is 10.2. The number of ether oxygens (including phenoxy) is 1. The third-order valence-corrected chi connectivity index (χ3v) is 3.05. The van der Waals surface area contributed by atoms with E-state index in [1.54, 1.807) is 24.3 Å². The van der Waals surface area contributed by atoms with E-state index in [1.807, 2.05) is 0 Å². The Labute approximate surface area is 150 Å². The van der Waals surface area contributed by atoms with E-state index < -0.39 is 24.1 Å². The fourth-order valence-electron chi connectivity index (χ4n) is 1.88. The SMILES string of the molecule is C#CCOc1ccc(C=NNC(=O)CC(=O)Nc2ccc(F)cc2)cc1. The smallest absolute Gasteiger partial charge is 0.249 e. The number of carbonyl (C=O) groups excluding carboxylic acids is 2. The number of carbonyl (C=O) groups is 2. The van der Waals surface area contributed by atoms with Crippen LogP contribution in [-0.4, -0.2) is 24.6 Å². The van der Waals surface area contributed by atoms with E-state index >= 15 is 0 Å². The Balaban J connectivity index is 1.76. The average Bonchev–Trinajstić information content (AvgIpc) is 2.63. The maximum Gasteiger partial charge on any atom is 0.249 e. The number of hydrogen-bond acceptors (Lipinski definition) is 4. The molecule has 2 aromatic rings. The van der Waals surface area contributed by atoms with Gasteiger partial charge in [0.1, 0.15) is 24.6 Å². The Bertz CT molecular complexity index is 825. The fraction of sp³-hybridized carbons (Fsp3) is 0.105. The summed E-state index contributed by atoms with van der Waals surface area (Å²) in [4.78, 5) is 23.4. The quantitative estimate of drug-likeness (QED) is 0.347. The van der Waals surface area contributed by atoms with Crippen LogP contribution in [0.5, 0.6) is 5.75 Å². The van der Waals surface area contributed by atoms with Crippen LogP contribution in [0.4, 0.5) is 10.1 Å². The molecule has 0 saturated carbocycles. The van der Waals surface area contributed by atoms with Crippen LogP contribution < -0.4 is 15.5 Å². The fourth-order valence-corrected chi connectivity index (χ4v) is 1.88. The number of hydrogen-bond donors (Lipinski definition) is 2. The maximum atomic E-state index is 12.8. The van der Waals surface area contributed by atoms with Gasteiger partial charge in [-0.25, -0.2) is 9.82 Å². The number of nitrogens with zero attached hydrogens (tertiary/aromatic N) is 1. The molecule has 0 saturated heterocycles. The number of terminal acetylenes is 1. The van der Waals surface area contributed by atoms with Gasteiger partial charge in [-0.3, -0.25) is 9.59 Å². The third-order valence-electron chi connectivity index (χ3n) is 3.05. The minimum atomic E-state index is -0.574. The first-order chi connectivity index (χ1) is 12.6. The summed E-state index contributed by atoms with van der Waals surface area (Å²) >= 11 is 0. The predicted octanol–water partition coefficient (Wildman–Crippen LogP) is 2.32. The molecule has 0 aliphatic rings. The molecule has 7 heteroatoms. The lowest BCUT2D eigenvalue weighted by atomic mass is 10.2. The van der Waals surface area contributed by atoms with Gasteiger partial charge in [0.05, 0.1) is 6.21 Å². The number of nitrogens with one attached hydrogen (secondary N) is 2. The highest BCUT2D eigenvalue weighted by Crippen LogP contribution is 2.11. The summed E-state index contributed by atoms with van der Waals surface area (Å²) in [6, 6.07) is 12.1. The van der Waals surface area contributed by atoms with Gasteiger partial charge in [-0.2, -0.15) is 5.10 Å². The summed E-state index contributed by atoms with van der Waals surface area (Å²) in [7, 11) is 0. The van der Waals surface area contributed by atoms with E-state index in [2.05, 4.69) is 21.8 Å².